The van der Waals surface area contributed by atoms with E-state index < -0.39 is 0 Å². The van der Waals surface area contributed by atoms with Crippen LogP contribution in [0.15, 0.2) is 67.1 Å². The summed E-state index contributed by atoms with van der Waals surface area (Å²) in [6.07, 6.45) is 3.48. The molecule has 2 N–H and O–H groups in total. The number of hydrogen-bond donors (Lipinski definition) is 2. The number of rotatable bonds is 7. The van der Waals surface area contributed by atoms with Crippen LogP contribution in [0.2, 0.25) is 0 Å². The van der Waals surface area contributed by atoms with Gasteiger partial charge in [-0.15, -0.1) is 0 Å². The van der Waals surface area contributed by atoms with Crippen molar-refractivity contribution in [2.45, 2.75) is 20.1 Å². The van der Waals surface area contributed by atoms with Gasteiger partial charge in [0.2, 0.25) is 0 Å². The Kier molecular flexibility index (Phi) is 5.35. The highest BCUT2D eigenvalue weighted by molar-refractivity contribution is 5.77. The minimum Gasteiger partial charge on any atom is -0.380 e. The third-order valence-corrected chi connectivity index (χ3v) is 5.17. The second-order valence-corrected chi connectivity index (χ2v) is 7.54. The molecule has 5 aromatic rings. The van der Waals surface area contributed by atoms with Crippen LogP contribution in [-0.4, -0.2) is 36.7 Å². The molecule has 8 heteroatoms. The summed E-state index contributed by atoms with van der Waals surface area (Å²) in [4.78, 5) is 17.3. The van der Waals surface area contributed by atoms with Crippen LogP contribution in [0.4, 0.5) is 5.69 Å². The average Bonchev–Trinajstić information content (AvgIpc) is 3.45. The Hall–Kier alpha value is -4.04. The molecule has 0 fully saturated rings. The van der Waals surface area contributed by atoms with Gasteiger partial charge in [-0.1, -0.05) is 18.2 Å². The number of aromatic nitrogens is 6. The Morgan fingerprint density at radius 1 is 1.03 bits per heavy atom. The third-order valence-electron chi connectivity index (χ3n) is 5.17. The zero-order chi connectivity index (χ0) is 21.9. The molecule has 0 unspecified atom stereocenters. The van der Waals surface area contributed by atoms with Crippen LogP contribution in [0.5, 0.6) is 0 Å². The van der Waals surface area contributed by atoms with E-state index in [2.05, 4.69) is 32.5 Å². The maximum atomic E-state index is 5.18. The van der Waals surface area contributed by atoms with E-state index in [1.165, 1.54) is 0 Å². The van der Waals surface area contributed by atoms with Crippen LogP contribution in [0.25, 0.3) is 28.3 Å². The minimum atomic E-state index is 0.550. The molecule has 0 saturated heterocycles. The number of hydrogen-bond acceptors (Lipinski definition) is 6. The van der Waals surface area contributed by atoms with Crippen LogP contribution >= 0.6 is 0 Å². The SMILES string of the molecule is COCc1ccc(NCc2nc(-c3ccc4ncnn4c3)c(-c3cccc(C)n3)[nH]2)cc1. The monoisotopic (exact) mass is 425 g/mol. The van der Waals surface area contributed by atoms with Crippen molar-refractivity contribution in [3.8, 4) is 22.6 Å². The van der Waals surface area contributed by atoms with Gasteiger partial charge in [-0.2, -0.15) is 5.10 Å². The molecule has 4 heterocycles. The summed E-state index contributed by atoms with van der Waals surface area (Å²) in [7, 11) is 1.70. The number of pyridine rings is 2. The number of nitrogens with zero attached hydrogens (tertiary/aromatic N) is 5. The molecule has 0 atom stereocenters. The molecule has 4 aromatic heterocycles. The average molecular weight is 425 g/mol. The van der Waals surface area contributed by atoms with Crippen LogP contribution in [0, 0.1) is 6.92 Å². The molecule has 8 nitrogen and oxygen atoms in total. The number of aromatic amines is 1. The van der Waals surface area contributed by atoms with E-state index in [4.69, 9.17) is 14.7 Å². The van der Waals surface area contributed by atoms with Crippen LogP contribution in [-0.2, 0) is 17.9 Å². The van der Waals surface area contributed by atoms with Gasteiger partial charge in [0.05, 0.1) is 30.2 Å². The van der Waals surface area contributed by atoms with Gasteiger partial charge in [-0.05, 0) is 48.9 Å². The van der Waals surface area contributed by atoms with Crippen molar-refractivity contribution in [2.24, 2.45) is 0 Å². The molecule has 0 amide bonds. The fourth-order valence-corrected chi connectivity index (χ4v) is 3.61. The normalized spacial score (nSPS) is 11.2. The van der Waals surface area contributed by atoms with Gasteiger partial charge in [-0.25, -0.2) is 14.5 Å². The quantitative estimate of drug-likeness (QED) is 0.405. The Morgan fingerprint density at radius 3 is 2.72 bits per heavy atom. The first-order chi connectivity index (χ1) is 15.7. The molecule has 0 aliphatic heterocycles. The predicted octanol–water partition coefficient (Wildman–Crippen LogP) is 4.25. The molecular formula is C24H23N7O. The molecular weight excluding hydrogens is 402 g/mol. The fourth-order valence-electron chi connectivity index (χ4n) is 3.61. The Balaban J connectivity index is 1.47. The van der Waals surface area contributed by atoms with Crippen LogP contribution in [0.1, 0.15) is 17.1 Å². The fraction of sp³-hybridized carbons (Fsp3) is 0.167. The van der Waals surface area contributed by atoms with E-state index in [1.807, 2.05) is 55.6 Å². The topological polar surface area (TPSA) is 93.0 Å². The zero-order valence-corrected chi connectivity index (χ0v) is 17.9. The van der Waals surface area contributed by atoms with E-state index in [0.29, 0.717) is 13.2 Å². The summed E-state index contributed by atoms with van der Waals surface area (Å²) >= 11 is 0. The van der Waals surface area contributed by atoms with Gasteiger partial charge < -0.3 is 15.0 Å². The Bertz CT molecular complexity index is 1350. The van der Waals surface area contributed by atoms with Crippen molar-refractivity contribution in [3.05, 3.63) is 84.2 Å². The number of H-pyrrole nitrogens is 1. The summed E-state index contributed by atoms with van der Waals surface area (Å²) in [5.41, 5.74) is 7.38. The van der Waals surface area contributed by atoms with Crippen molar-refractivity contribution in [2.75, 3.05) is 12.4 Å². The van der Waals surface area contributed by atoms with Crippen molar-refractivity contribution in [1.82, 2.24) is 29.5 Å². The lowest BCUT2D eigenvalue weighted by atomic mass is 10.1. The molecule has 0 radical (unpaired) electrons. The smallest absolute Gasteiger partial charge is 0.155 e. The van der Waals surface area contributed by atoms with E-state index in [-0.39, 0.29) is 0 Å². The number of nitrogens with one attached hydrogen (secondary N) is 2. The van der Waals surface area contributed by atoms with E-state index in [0.717, 1.165) is 51.1 Å². The number of fused-ring (bicyclic) bond motifs is 1. The Labute approximate surface area is 185 Å². The first-order valence-corrected chi connectivity index (χ1v) is 10.3. The van der Waals surface area contributed by atoms with Crippen molar-refractivity contribution >= 4 is 11.3 Å². The molecule has 0 aliphatic carbocycles. The molecule has 5 rings (SSSR count). The lowest BCUT2D eigenvalue weighted by Crippen LogP contribution is -2.01. The largest absolute Gasteiger partial charge is 0.380 e. The van der Waals surface area contributed by atoms with Gasteiger partial charge in [0.25, 0.3) is 0 Å². The maximum absolute atomic E-state index is 5.18. The molecule has 0 saturated carbocycles. The van der Waals surface area contributed by atoms with E-state index in [9.17, 15) is 0 Å². The maximum Gasteiger partial charge on any atom is 0.155 e. The summed E-state index contributed by atoms with van der Waals surface area (Å²) in [6, 6.07) is 18.1. The predicted molar refractivity (Wildman–Crippen MR) is 123 cm³/mol. The molecule has 1 aromatic carbocycles. The van der Waals surface area contributed by atoms with Gasteiger partial charge in [0.1, 0.15) is 12.2 Å². The summed E-state index contributed by atoms with van der Waals surface area (Å²) in [6.45, 7) is 3.13. The number of aryl methyl sites for hydroxylation is 1. The second-order valence-electron chi connectivity index (χ2n) is 7.54. The third kappa shape index (κ3) is 4.08. The second kappa shape index (κ2) is 8.60. The lowest BCUT2D eigenvalue weighted by molar-refractivity contribution is 0.185. The van der Waals surface area contributed by atoms with Gasteiger partial charge in [0, 0.05) is 30.3 Å². The van der Waals surface area contributed by atoms with Gasteiger partial charge in [0.15, 0.2) is 5.65 Å². The number of methoxy groups -OCH3 is 1. The van der Waals surface area contributed by atoms with E-state index >= 15 is 0 Å². The van der Waals surface area contributed by atoms with Crippen molar-refractivity contribution in [3.63, 3.8) is 0 Å². The summed E-state index contributed by atoms with van der Waals surface area (Å²) < 4.78 is 6.92. The minimum absolute atomic E-state index is 0.550. The van der Waals surface area contributed by atoms with Crippen LogP contribution in [0.3, 0.4) is 0 Å². The summed E-state index contributed by atoms with van der Waals surface area (Å²) in [5, 5.41) is 7.68. The van der Waals surface area contributed by atoms with Gasteiger partial charge >= 0.3 is 0 Å². The number of ether oxygens (including phenoxy) is 1. The first kappa shape index (κ1) is 19.9. The first-order valence-electron chi connectivity index (χ1n) is 10.3. The number of imidazole rings is 1. The summed E-state index contributed by atoms with van der Waals surface area (Å²) in [5.74, 6) is 0.818. The molecule has 32 heavy (non-hydrogen) atoms. The molecule has 0 spiro atoms. The standard InChI is InChI=1S/C24H23N7O/c1-16-4-3-5-20(28-16)24-23(18-8-11-22-26-15-27-31(22)13-18)29-21(30-24)12-25-19-9-6-17(7-10-19)14-32-2/h3-11,13,15,25H,12,14H2,1-2H3,(H,29,30). The lowest BCUT2D eigenvalue weighted by Gasteiger charge is -2.06. The van der Waals surface area contributed by atoms with Crippen molar-refractivity contribution < 1.29 is 4.74 Å². The zero-order valence-electron chi connectivity index (χ0n) is 17.9. The highest BCUT2D eigenvalue weighted by atomic mass is 16.5. The highest BCUT2D eigenvalue weighted by Crippen LogP contribution is 2.29. The molecule has 0 bridgehead atoms. The van der Waals surface area contributed by atoms with Crippen molar-refractivity contribution in [1.29, 1.82) is 0 Å². The number of benzene rings is 1. The number of anilines is 1. The highest BCUT2D eigenvalue weighted by Gasteiger charge is 2.16. The van der Waals surface area contributed by atoms with Crippen LogP contribution < -0.4 is 5.32 Å². The Morgan fingerprint density at radius 2 is 1.91 bits per heavy atom. The molecule has 160 valence electrons. The van der Waals surface area contributed by atoms with E-state index in [1.54, 1.807) is 18.0 Å². The van der Waals surface area contributed by atoms with Gasteiger partial charge in [-0.3, -0.25) is 4.98 Å². The molecule has 0 aliphatic rings.